The molecule has 0 amide bonds. The van der Waals surface area contributed by atoms with Crippen LogP contribution >= 0.6 is 0 Å². The van der Waals surface area contributed by atoms with Gasteiger partial charge in [-0.25, -0.2) is 0 Å². The number of morpholine rings is 1. The van der Waals surface area contributed by atoms with Gasteiger partial charge in [0.1, 0.15) is 5.82 Å². The maximum absolute atomic E-state index is 5.32. The van der Waals surface area contributed by atoms with Crippen molar-refractivity contribution in [2.45, 2.75) is 0 Å². The van der Waals surface area contributed by atoms with Crippen LogP contribution in [0.1, 0.15) is 0 Å². The summed E-state index contributed by atoms with van der Waals surface area (Å²) in [6.45, 7) is 3.09. The molecule has 7 heteroatoms. The Morgan fingerprint density at radius 1 is 1.35 bits per heavy atom. The van der Waals surface area contributed by atoms with E-state index in [1.165, 1.54) is 0 Å². The molecule has 0 aliphatic carbocycles. The lowest BCUT2D eigenvalue weighted by Gasteiger charge is -2.26. The number of aromatic amines is 1. The van der Waals surface area contributed by atoms with Crippen molar-refractivity contribution in [1.29, 1.82) is 0 Å². The lowest BCUT2D eigenvalue weighted by molar-refractivity contribution is 0.122. The first-order chi connectivity index (χ1) is 8.38. The molecule has 90 valence electrons. The van der Waals surface area contributed by atoms with Crippen LogP contribution in [0, 0.1) is 0 Å². The molecule has 0 radical (unpaired) electrons. The van der Waals surface area contributed by atoms with Crippen LogP contribution in [-0.2, 0) is 4.74 Å². The quantitative estimate of drug-likeness (QED) is 0.774. The van der Waals surface area contributed by atoms with Gasteiger partial charge in [-0.2, -0.15) is 15.1 Å². The summed E-state index contributed by atoms with van der Waals surface area (Å²) in [4.78, 5) is 11.1. The number of fused-ring (bicyclic) bond motifs is 1. The second-order valence-electron chi connectivity index (χ2n) is 3.85. The molecule has 0 spiro atoms. The number of nitrogens with one attached hydrogen (secondary N) is 2. The van der Waals surface area contributed by atoms with Gasteiger partial charge in [0.25, 0.3) is 0 Å². The lowest BCUT2D eigenvalue weighted by atomic mass is 10.4. The largest absolute Gasteiger partial charge is 0.378 e. The predicted molar refractivity (Wildman–Crippen MR) is 64.3 cm³/mol. The van der Waals surface area contributed by atoms with Crippen molar-refractivity contribution in [3.8, 4) is 0 Å². The van der Waals surface area contributed by atoms with Crippen LogP contribution in [0.25, 0.3) is 11.0 Å². The van der Waals surface area contributed by atoms with Gasteiger partial charge in [-0.05, 0) is 0 Å². The first-order valence-corrected chi connectivity index (χ1v) is 5.60. The highest BCUT2D eigenvalue weighted by molar-refractivity contribution is 5.86. The molecule has 1 aliphatic rings. The number of rotatable bonds is 2. The van der Waals surface area contributed by atoms with E-state index in [1.54, 1.807) is 6.20 Å². The summed E-state index contributed by atoms with van der Waals surface area (Å²) < 4.78 is 5.32. The van der Waals surface area contributed by atoms with Gasteiger partial charge in [-0.15, -0.1) is 0 Å². The minimum atomic E-state index is 0.717. The fourth-order valence-electron chi connectivity index (χ4n) is 1.92. The molecule has 2 N–H and O–H groups in total. The average Bonchev–Trinajstić information content (AvgIpc) is 2.86. The molecule has 0 bridgehead atoms. The van der Waals surface area contributed by atoms with Crippen LogP contribution in [0.3, 0.4) is 0 Å². The van der Waals surface area contributed by atoms with E-state index < -0.39 is 0 Å². The Balaban J connectivity index is 2.03. The molecule has 2 aromatic heterocycles. The number of hydrogen-bond acceptors (Lipinski definition) is 6. The molecule has 2 aromatic rings. The second kappa shape index (κ2) is 4.17. The van der Waals surface area contributed by atoms with Crippen LogP contribution in [0.15, 0.2) is 6.20 Å². The van der Waals surface area contributed by atoms with E-state index in [0.717, 1.165) is 49.1 Å². The number of anilines is 2. The van der Waals surface area contributed by atoms with Crippen molar-refractivity contribution in [2.24, 2.45) is 0 Å². The van der Waals surface area contributed by atoms with Crippen molar-refractivity contribution in [2.75, 3.05) is 43.6 Å². The van der Waals surface area contributed by atoms with Crippen LogP contribution in [0.5, 0.6) is 0 Å². The van der Waals surface area contributed by atoms with Crippen LogP contribution < -0.4 is 10.2 Å². The summed E-state index contributed by atoms with van der Waals surface area (Å²) in [6, 6.07) is 0. The third-order valence-electron chi connectivity index (χ3n) is 2.83. The highest BCUT2D eigenvalue weighted by atomic mass is 16.5. The predicted octanol–water partition coefficient (Wildman–Crippen LogP) is 0.231. The zero-order valence-electron chi connectivity index (χ0n) is 9.60. The summed E-state index contributed by atoms with van der Waals surface area (Å²) in [5.41, 5.74) is 0.755. The summed E-state index contributed by atoms with van der Waals surface area (Å²) in [6.07, 6.45) is 1.73. The Hall–Kier alpha value is -1.89. The number of H-pyrrole nitrogens is 1. The van der Waals surface area contributed by atoms with Crippen molar-refractivity contribution in [1.82, 2.24) is 20.2 Å². The monoisotopic (exact) mass is 234 g/mol. The Kier molecular flexibility index (Phi) is 2.52. The fourth-order valence-corrected chi connectivity index (χ4v) is 1.92. The van der Waals surface area contributed by atoms with E-state index in [2.05, 4.69) is 30.4 Å². The molecule has 1 aliphatic heterocycles. The summed E-state index contributed by atoms with van der Waals surface area (Å²) in [5, 5.41) is 10.8. The van der Waals surface area contributed by atoms with E-state index in [0.29, 0.717) is 0 Å². The summed E-state index contributed by atoms with van der Waals surface area (Å²) in [5.74, 6) is 1.51. The van der Waals surface area contributed by atoms with E-state index in [-0.39, 0.29) is 0 Å². The Bertz CT molecular complexity index is 518. The van der Waals surface area contributed by atoms with Gasteiger partial charge in [0.15, 0.2) is 5.65 Å². The minimum absolute atomic E-state index is 0.717. The first kappa shape index (κ1) is 10.3. The van der Waals surface area contributed by atoms with E-state index in [9.17, 15) is 0 Å². The zero-order valence-corrected chi connectivity index (χ0v) is 9.60. The van der Waals surface area contributed by atoms with Gasteiger partial charge >= 0.3 is 0 Å². The van der Waals surface area contributed by atoms with Gasteiger partial charge < -0.3 is 15.0 Å². The van der Waals surface area contributed by atoms with E-state index >= 15 is 0 Å². The lowest BCUT2D eigenvalue weighted by Crippen LogP contribution is -2.37. The molecule has 0 aromatic carbocycles. The highest BCUT2D eigenvalue weighted by Crippen LogP contribution is 2.21. The average molecular weight is 234 g/mol. The maximum atomic E-state index is 5.32. The van der Waals surface area contributed by atoms with Crippen LogP contribution in [0.4, 0.5) is 11.8 Å². The molecule has 3 rings (SSSR count). The molecule has 17 heavy (non-hydrogen) atoms. The molecular formula is C10H14N6O. The third kappa shape index (κ3) is 1.78. The van der Waals surface area contributed by atoms with Crippen LogP contribution in [0.2, 0.25) is 0 Å². The van der Waals surface area contributed by atoms with Gasteiger partial charge in [0.05, 0.1) is 24.8 Å². The molecule has 7 nitrogen and oxygen atoms in total. The van der Waals surface area contributed by atoms with Crippen molar-refractivity contribution in [3.05, 3.63) is 6.20 Å². The Labute approximate surface area is 98.2 Å². The number of nitrogens with zero attached hydrogens (tertiary/aromatic N) is 4. The van der Waals surface area contributed by atoms with Gasteiger partial charge in [-0.1, -0.05) is 0 Å². The normalized spacial score (nSPS) is 16.4. The number of ether oxygens (including phenoxy) is 1. The minimum Gasteiger partial charge on any atom is -0.378 e. The van der Waals surface area contributed by atoms with Crippen molar-refractivity contribution >= 4 is 22.8 Å². The molecule has 1 fully saturated rings. The molecular weight excluding hydrogens is 220 g/mol. The van der Waals surface area contributed by atoms with E-state index in [1.807, 2.05) is 7.05 Å². The van der Waals surface area contributed by atoms with Crippen molar-refractivity contribution in [3.63, 3.8) is 0 Å². The standard InChI is InChI=1S/C10H14N6O/c1-11-8-7-6-12-15-9(7)14-10(13-8)16-2-4-17-5-3-16/h6H,2-5H2,1H3,(H2,11,12,13,14,15). The zero-order chi connectivity index (χ0) is 11.7. The second-order valence-corrected chi connectivity index (χ2v) is 3.85. The topological polar surface area (TPSA) is 79.0 Å². The number of aromatic nitrogens is 4. The smallest absolute Gasteiger partial charge is 0.229 e. The Morgan fingerprint density at radius 3 is 2.94 bits per heavy atom. The third-order valence-corrected chi connectivity index (χ3v) is 2.83. The SMILES string of the molecule is CNc1nc(N2CCOCC2)nc2[nH]ncc12. The molecule has 0 atom stereocenters. The molecule has 3 heterocycles. The van der Waals surface area contributed by atoms with Crippen LogP contribution in [-0.4, -0.2) is 53.5 Å². The highest BCUT2D eigenvalue weighted by Gasteiger charge is 2.16. The molecule has 0 saturated carbocycles. The molecule has 1 saturated heterocycles. The first-order valence-electron chi connectivity index (χ1n) is 5.60. The van der Waals surface area contributed by atoms with Crippen molar-refractivity contribution < 1.29 is 4.74 Å². The van der Waals surface area contributed by atoms with Gasteiger partial charge in [0, 0.05) is 20.1 Å². The van der Waals surface area contributed by atoms with Gasteiger partial charge in [0.2, 0.25) is 5.95 Å². The summed E-state index contributed by atoms with van der Waals surface area (Å²) in [7, 11) is 1.85. The molecule has 0 unspecified atom stereocenters. The Morgan fingerprint density at radius 2 is 2.18 bits per heavy atom. The van der Waals surface area contributed by atoms with Gasteiger partial charge in [-0.3, -0.25) is 5.10 Å². The summed E-state index contributed by atoms with van der Waals surface area (Å²) >= 11 is 0. The number of hydrogen-bond donors (Lipinski definition) is 2. The maximum Gasteiger partial charge on any atom is 0.229 e. The fraction of sp³-hybridized carbons (Fsp3) is 0.500. The van der Waals surface area contributed by atoms with E-state index in [4.69, 9.17) is 4.74 Å².